The summed E-state index contributed by atoms with van der Waals surface area (Å²) in [5, 5.41) is 9.86. The van der Waals surface area contributed by atoms with Crippen LogP contribution in [0, 0.1) is 0 Å². The summed E-state index contributed by atoms with van der Waals surface area (Å²) in [5.41, 5.74) is -0.479. The lowest BCUT2D eigenvalue weighted by Gasteiger charge is -2.26. The van der Waals surface area contributed by atoms with Crippen molar-refractivity contribution < 1.29 is 23.1 Å². The van der Waals surface area contributed by atoms with E-state index in [-0.39, 0.29) is 0 Å². The van der Waals surface area contributed by atoms with Crippen LogP contribution >= 0.6 is 0 Å². The molecule has 0 radical (unpaired) electrons. The minimum atomic E-state index is -3.73. The van der Waals surface area contributed by atoms with Gasteiger partial charge in [0.1, 0.15) is 5.25 Å². The summed E-state index contributed by atoms with van der Waals surface area (Å²) in [4.78, 5) is 22.1. The van der Waals surface area contributed by atoms with Crippen molar-refractivity contribution in [2.45, 2.75) is 51.3 Å². The summed E-state index contributed by atoms with van der Waals surface area (Å²) in [6, 6.07) is 0. The van der Waals surface area contributed by atoms with Crippen LogP contribution in [0.5, 0.6) is 0 Å². The van der Waals surface area contributed by atoms with E-state index in [2.05, 4.69) is 5.32 Å². The highest BCUT2D eigenvalue weighted by molar-refractivity contribution is 7.92. The van der Waals surface area contributed by atoms with Crippen LogP contribution in [0.1, 0.15) is 40.5 Å². The Morgan fingerprint density at radius 3 is 2.22 bits per heavy atom. The molecule has 0 aromatic heterocycles. The molecule has 0 aliphatic heterocycles. The number of sulfone groups is 1. The summed E-state index contributed by atoms with van der Waals surface area (Å²) in [6.07, 6.45) is 0.178. The second-order valence-electron chi connectivity index (χ2n) is 4.88. The van der Waals surface area contributed by atoms with Gasteiger partial charge < -0.3 is 10.4 Å². The smallest absolute Gasteiger partial charge is 0.304 e. The van der Waals surface area contributed by atoms with Crippen LogP contribution in [0.3, 0.4) is 0 Å². The highest BCUT2D eigenvalue weighted by atomic mass is 32.2. The van der Waals surface area contributed by atoms with E-state index in [0.717, 1.165) is 0 Å². The maximum atomic E-state index is 11.8. The van der Waals surface area contributed by atoms with E-state index in [9.17, 15) is 18.0 Å². The zero-order valence-corrected chi connectivity index (χ0v) is 12.0. The van der Waals surface area contributed by atoms with Crippen LogP contribution in [0.25, 0.3) is 0 Å². The Morgan fingerprint density at radius 2 is 1.83 bits per heavy atom. The number of carbonyl (C=O) groups is 2. The van der Waals surface area contributed by atoms with E-state index in [1.807, 2.05) is 6.92 Å². The Bertz CT molecular complexity index is 413. The van der Waals surface area contributed by atoms with Gasteiger partial charge >= 0.3 is 5.97 Å². The summed E-state index contributed by atoms with van der Waals surface area (Å²) >= 11 is 0. The van der Waals surface area contributed by atoms with E-state index in [1.165, 1.54) is 6.92 Å². The van der Waals surface area contributed by atoms with Crippen molar-refractivity contribution >= 4 is 21.7 Å². The molecule has 0 saturated heterocycles. The Labute approximate surface area is 108 Å². The Hall–Kier alpha value is -1.11. The highest BCUT2D eigenvalue weighted by Gasteiger charge is 2.31. The third-order valence-corrected chi connectivity index (χ3v) is 4.92. The van der Waals surface area contributed by atoms with E-state index < -0.39 is 44.7 Å². The lowest BCUT2D eigenvalue weighted by molar-refractivity contribution is -0.136. The second kappa shape index (κ2) is 6.17. The van der Waals surface area contributed by atoms with E-state index in [0.29, 0.717) is 6.42 Å². The predicted octanol–water partition coefficient (Wildman–Crippen LogP) is 0.569. The Morgan fingerprint density at radius 1 is 1.33 bits per heavy atom. The number of hydrogen-bond donors (Lipinski definition) is 2. The molecule has 0 fully saturated rings. The fourth-order valence-corrected chi connectivity index (χ4v) is 2.29. The van der Waals surface area contributed by atoms with Crippen molar-refractivity contribution in [2.24, 2.45) is 0 Å². The summed E-state index contributed by atoms with van der Waals surface area (Å²) in [6.45, 7) is 6.74. The molecule has 1 amide bonds. The van der Waals surface area contributed by atoms with E-state index in [1.54, 1.807) is 13.8 Å². The molecule has 0 spiro atoms. The van der Waals surface area contributed by atoms with Crippen LogP contribution in [-0.2, 0) is 19.4 Å². The summed E-state index contributed by atoms with van der Waals surface area (Å²) < 4.78 is 23.5. The van der Waals surface area contributed by atoms with Crippen LogP contribution in [0.2, 0.25) is 0 Å². The first-order valence-electron chi connectivity index (χ1n) is 5.77. The number of aliphatic carboxylic acids is 1. The van der Waals surface area contributed by atoms with Gasteiger partial charge in [-0.1, -0.05) is 6.92 Å². The van der Waals surface area contributed by atoms with E-state index in [4.69, 9.17) is 5.11 Å². The van der Waals surface area contributed by atoms with Gasteiger partial charge in [0, 0.05) is 5.54 Å². The molecule has 2 N–H and O–H groups in total. The zero-order valence-electron chi connectivity index (χ0n) is 11.2. The fraction of sp³-hybridized carbons (Fsp3) is 0.818. The topological polar surface area (TPSA) is 101 Å². The Kier molecular flexibility index (Phi) is 5.79. The van der Waals surface area contributed by atoms with Gasteiger partial charge in [0.25, 0.3) is 0 Å². The van der Waals surface area contributed by atoms with Crippen molar-refractivity contribution in [1.29, 1.82) is 0 Å². The van der Waals surface area contributed by atoms with Crippen LogP contribution in [-0.4, -0.2) is 41.9 Å². The molecule has 1 atom stereocenters. The first-order chi connectivity index (χ1) is 8.02. The normalized spacial score (nSPS) is 14.0. The van der Waals surface area contributed by atoms with Gasteiger partial charge in [0.2, 0.25) is 5.91 Å². The average Bonchev–Trinajstić information content (AvgIpc) is 2.25. The van der Waals surface area contributed by atoms with Gasteiger partial charge in [-0.25, -0.2) is 8.42 Å². The molecule has 0 rings (SSSR count). The summed E-state index contributed by atoms with van der Waals surface area (Å²) in [5.74, 6) is -2.31. The highest BCUT2D eigenvalue weighted by Crippen LogP contribution is 2.10. The third kappa shape index (κ3) is 5.48. The molecule has 7 heteroatoms. The van der Waals surface area contributed by atoms with Crippen molar-refractivity contribution in [1.82, 2.24) is 5.32 Å². The van der Waals surface area contributed by atoms with Gasteiger partial charge in [-0.15, -0.1) is 0 Å². The number of rotatable bonds is 7. The molecule has 0 aliphatic carbocycles. The monoisotopic (exact) mass is 279 g/mol. The quantitative estimate of drug-likeness (QED) is 0.709. The zero-order chi connectivity index (χ0) is 14.6. The second-order valence-corrected chi connectivity index (χ2v) is 7.32. The van der Waals surface area contributed by atoms with Crippen molar-refractivity contribution in [3.8, 4) is 0 Å². The molecule has 0 bridgehead atoms. The first kappa shape index (κ1) is 16.9. The number of carboxylic acid groups (broad SMARTS) is 1. The molecule has 18 heavy (non-hydrogen) atoms. The molecule has 0 heterocycles. The SMILES string of the molecule is CCC(C)(C)NC(=O)C(C)S(=O)(=O)CCC(=O)O. The number of hydrogen-bond acceptors (Lipinski definition) is 4. The number of nitrogens with one attached hydrogen (secondary N) is 1. The lowest BCUT2D eigenvalue weighted by Crippen LogP contribution is -2.49. The van der Waals surface area contributed by atoms with Gasteiger partial charge in [0.05, 0.1) is 12.2 Å². The average molecular weight is 279 g/mol. The minimum absolute atomic E-state index is 0.479. The molecule has 6 nitrogen and oxygen atoms in total. The van der Waals surface area contributed by atoms with Gasteiger partial charge in [-0.2, -0.15) is 0 Å². The maximum Gasteiger partial charge on any atom is 0.304 e. The van der Waals surface area contributed by atoms with Crippen molar-refractivity contribution in [2.75, 3.05) is 5.75 Å². The minimum Gasteiger partial charge on any atom is -0.481 e. The maximum absolute atomic E-state index is 11.8. The predicted molar refractivity (Wildman–Crippen MR) is 68.0 cm³/mol. The number of amides is 1. The standard InChI is InChI=1S/C11H21NO5S/c1-5-11(3,4)12-10(15)8(2)18(16,17)7-6-9(13)14/h8H,5-7H2,1-4H3,(H,12,15)(H,13,14). The number of carboxylic acids is 1. The molecular weight excluding hydrogens is 258 g/mol. The van der Waals surface area contributed by atoms with Crippen LogP contribution < -0.4 is 5.32 Å². The first-order valence-corrected chi connectivity index (χ1v) is 7.49. The molecule has 0 aromatic rings. The fourth-order valence-electron chi connectivity index (χ4n) is 1.09. The van der Waals surface area contributed by atoms with Gasteiger partial charge in [0.15, 0.2) is 9.84 Å². The van der Waals surface area contributed by atoms with Gasteiger partial charge in [-0.3, -0.25) is 9.59 Å². The number of carbonyl (C=O) groups excluding carboxylic acids is 1. The molecular formula is C11H21NO5S. The third-order valence-electron chi connectivity index (χ3n) is 2.85. The lowest BCUT2D eigenvalue weighted by atomic mass is 10.0. The van der Waals surface area contributed by atoms with Crippen LogP contribution in [0.15, 0.2) is 0 Å². The Balaban J connectivity index is 4.68. The molecule has 0 saturated carbocycles. The van der Waals surface area contributed by atoms with Crippen LogP contribution in [0.4, 0.5) is 0 Å². The van der Waals surface area contributed by atoms with E-state index >= 15 is 0 Å². The van der Waals surface area contributed by atoms with Crippen molar-refractivity contribution in [3.63, 3.8) is 0 Å². The van der Waals surface area contributed by atoms with Crippen molar-refractivity contribution in [3.05, 3.63) is 0 Å². The molecule has 1 unspecified atom stereocenters. The van der Waals surface area contributed by atoms with Gasteiger partial charge in [-0.05, 0) is 27.2 Å². The largest absolute Gasteiger partial charge is 0.481 e. The molecule has 0 aliphatic rings. The summed E-state index contributed by atoms with van der Waals surface area (Å²) in [7, 11) is -3.73. The molecule has 0 aromatic carbocycles. The molecule has 106 valence electrons.